The zero-order chi connectivity index (χ0) is 13.2. The largest absolute Gasteiger partial charge is 0.454 e. The van der Waals surface area contributed by atoms with Crippen molar-refractivity contribution in [2.75, 3.05) is 12.1 Å². The van der Waals surface area contributed by atoms with Crippen LogP contribution in [0.2, 0.25) is 5.02 Å². The Balaban J connectivity index is 1.74. The van der Waals surface area contributed by atoms with E-state index in [-0.39, 0.29) is 6.79 Å². The normalized spacial score (nSPS) is 12.5. The second kappa shape index (κ2) is 4.93. The fourth-order valence-electron chi connectivity index (χ4n) is 1.82. The molecule has 0 bridgehead atoms. The fraction of sp³-hybridized carbons (Fsp3) is 0.231. The van der Waals surface area contributed by atoms with Gasteiger partial charge in [-0.3, -0.25) is 0 Å². The van der Waals surface area contributed by atoms with Crippen LogP contribution >= 0.6 is 11.6 Å². The first-order chi connectivity index (χ1) is 9.24. The lowest BCUT2D eigenvalue weighted by atomic mass is 10.2. The number of hydrogen-bond acceptors (Lipinski definition) is 5. The highest BCUT2D eigenvalue weighted by Crippen LogP contribution is 2.32. The number of nitrogens with one attached hydrogen (secondary N) is 1. The molecule has 0 saturated carbocycles. The molecule has 0 unspecified atom stereocenters. The molecule has 3 rings (SSSR count). The van der Waals surface area contributed by atoms with Crippen molar-refractivity contribution in [1.82, 2.24) is 9.97 Å². The Morgan fingerprint density at radius 1 is 1.26 bits per heavy atom. The van der Waals surface area contributed by atoms with Crippen molar-refractivity contribution < 1.29 is 9.47 Å². The van der Waals surface area contributed by atoms with Gasteiger partial charge in [-0.2, -0.15) is 0 Å². The van der Waals surface area contributed by atoms with Crippen molar-refractivity contribution in [2.24, 2.45) is 0 Å². The first-order valence-corrected chi connectivity index (χ1v) is 6.21. The van der Waals surface area contributed by atoms with Crippen LogP contribution in [0, 0.1) is 6.92 Å². The number of benzene rings is 1. The summed E-state index contributed by atoms with van der Waals surface area (Å²) in [6.07, 6.45) is 1.49. The summed E-state index contributed by atoms with van der Waals surface area (Å²) in [6, 6.07) is 5.81. The molecule has 1 aromatic heterocycles. The van der Waals surface area contributed by atoms with Crippen molar-refractivity contribution >= 4 is 17.4 Å². The van der Waals surface area contributed by atoms with Crippen LogP contribution in [0.3, 0.4) is 0 Å². The Hall–Kier alpha value is -2.01. The van der Waals surface area contributed by atoms with E-state index in [4.69, 9.17) is 21.1 Å². The Morgan fingerprint density at radius 3 is 3.00 bits per heavy atom. The van der Waals surface area contributed by atoms with E-state index in [0.717, 1.165) is 22.8 Å². The van der Waals surface area contributed by atoms with Gasteiger partial charge in [0.25, 0.3) is 0 Å². The van der Waals surface area contributed by atoms with Crippen LogP contribution in [0.25, 0.3) is 0 Å². The molecule has 0 saturated heterocycles. The maximum atomic E-state index is 6.12. The van der Waals surface area contributed by atoms with Crippen molar-refractivity contribution in [3.05, 3.63) is 40.8 Å². The van der Waals surface area contributed by atoms with Gasteiger partial charge in [0.2, 0.25) is 6.79 Å². The van der Waals surface area contributed by atoms with E-state index < -0.39 is 0 Å². The van der Waals surface area contributed by atoms with Gasteiger partial charge >= 0.3 is 0 Å². The van der Waals surface area contributed by atoms with Gasteiger partial charge in [-0.25, -0.2) is 9.97 Å². The lowest BCUT2D eigenvalue weighted by Gasteiger charge is -2.08. The average Bonchev–Trinajstić information content (AvgIpc) is 2.88. The molecule has 6 heteroatoms. The summed E-state index contributed by atoms with van der Waals surface area (Å²) >= 11 is 6.12. The van der Waals surface area contributed by atoms with E-state index in [1.807, 2.05) is 25.1 Å². The summed E-state index contributed by atoms with van der Waals surface area (Å²) in [5.74, 6) is 2.18. The Bertz CT molecular complexity index is 619. The van der Waals surface area contributed by atoms with Gasteiger partial charge in [-0.1, -0.05) is 17.7 Å². The summed E-state index contributed by atoms with van der Waals surface area (Å²) in [7, 11) is 0. The number of hydrogen-bond donors (Lipinski definition) is 1. The molecule has 2 aromatic rings. The van der Waals surface area contributed by atoms with Gasteiger partial charge in [0.1, 0.15) is 17.2 Å². The maximum Gasteiger partial charge on any atom is 0.231 e. The molecular weight excluding hydrogens is 266 g/mol. The first kappa shape index (κ1) is 12.0. The van der Waals surface area contributed by atoms with Crippen molar-refractivity contribution in [3.63, 3.8) is 0 Å². The SMILES string of the molecule is Cc1ncnc(NCc2ccc3c(c2)OCO3)c1Cl. The number of rotatable bonds is 3. The Morgan fingerprint density at radius 2 is 2.11 bits per heavy atom. The van der Waals surface area contributed by atoms with E-state index in [0.29, 0.717) is 17.4 Å². The number of fused-ring (bicyclic) bond motifs is 1. The third-order valence-corrected chi connectivity index (χ3v) is 3.31. The summed E-state index contributed by atoms with van der Waals surface area (Å²) in [5, 5.41) is 3.73. The average molecular weight is 278 g/mol. The monoisotopic (exact) mass is 277 g/mol. The van der Waals surface area contributed by atoms with E-state index in [9.17, 15) is 0 Å². The highest BCUT2D eigenvalue weighted by atomic mass is 35.5. The first-order valence-electron chi connectivity index (χ1n) is 5.83. The van der Waals surface area contributed by atoms with Crippen LogP contribution in [-0.4, -0.2) is 16.8 Å². The molecule has 5 nitrogen and oxygen atoms in total. The van der Waals surface area contributed by atoms with Crippen LogP contribution in [0.1, 0.15) is 11.3 Å². The topological polar surface area (TPSA) is 56.3 Å². The number of aromatic nitrogens is 2. The molecule has 1 aliphatic rings. The Kier molecular flexibility index (Phi) is 3.13. The van der Waals surface area contributed by atoms with Gasteiger partial charge in [0.05, 0.1) is 5.69 Å². The van der Waals surface area contributed by atoms with Gasteiger partial charge in [-0.05, 0) is 24.6 Å². The number of aryl methyl sites for hydroxylation is 1. The molecule has 19 heavy (non-hydrogen) atoms. The second-order valence-electron chi connectivity index (χ2n) is 4.16. The minimum atomic E-state index is 0.281. The van der Waals surface area contributed by atoms with Crippen molar-refractivity contribution in [1.29, 1.82) is 0 Å². The highest BCUT2D eigenvalue weighted by Gasteiger charge is 2.13. The summed E-state index contributed by atoms with van der Waals surface area (Å²) in [4.78, 5) is 8.14. The van der Waals surface area contributed by atoms with Gasteiger partial charge < -0.3 is 14.8 Å². The predicted octanol–water partition coefficient (Wildman–Crippen LogP) is 2.78. The number of anilines is 1. The second-order valence-corrected chi connectivity index (χ2v) is 4.54. The van der Waals surface area contributed by atoms with E-state index >= 15 is 0 Å². The molecule has 1 aromatic carbocycles. The lowest BCUT2D eigenvalue weighted by Crippen LogP contribution is -2.03. The van der Waals surface area contributed by atoms with Crippen LogP contribution in [0.15, 0.2) is 24.5 Å². The number of halogens is 1. The highest BCUT2D eigenvalue weighted by molar-refractivity contribution is 6.33. The summed E-state index contributed by atoms with van der Waals surface area (Å²) in [6.45, 7) is 2.73. The molecule has 0 spiro atoms. The third kappa shape index (κ3) is 2.42. The standard InChI is InChI=1S/C13H12ClN3O2/c1-8-12(14)13(17-6-16-8)15-5-9-2-3-10-11(4-9)19-7-18-10/h2-4,6H,5,7H2,1H3,(H,15,16,17). The predicted molar refractivity (Wildman–Crippen MR) is 71.7 cm³/mol. The molecule has 0 atom stereocenters. The summed E-state index contributed by atoms with van der Waals surface area (Å²) in [5.41, 5.74) is 1.82. The zero-order valence-corrected chi connectivity index (χ0v) is 11.1. The Labute approximate surface area is 115 Å². The van der Waals surface area contributed by atoms with Crippen molar-refractivity contribution in [2.45, 2.75) is 13.5 Å². The fourth-order valence-corrected chi connectivity index (χ4v) is 1.98. The molecule has 1 N–H and O–H groups in total. The smallest absolute Gasteiger partial charge is 0.231 e. The van der Waals surface area contributed by atoms with E-state index in [1.54, 1.807) is 0 Å². The molecular formula is C13H12ClN3O2. The van der Waals surface area contributed by atoms with Gasteiger partial charge in [0, 0.05) is 6.54 Å². The van der Waals surface area contributed by atoms with Crippen molar-refractivity contribution in [3.8, 4) is 11.5 Å². The van der Waals surface area contributed by atoms with E-state index in [2.05, 4.69) is 15.3 Å². The molecule has 0 radical (unpaired) electrons. The minimum Gasteiger partial charge on any atom is -0.454 e. The van der Waals surface area contributed by atoms with Gasteiger partial charge in [-0.15, -0.1) is 0 Å². The molecule has 0 aliphatic carbocycles. The molecule has 0 amide bonds. The molecule has 0 fully saturated rings. The molecule has 98 valence electrons. The van der Waals surface area contributed by atoms with Gasteiger partial charge in [0.15, 0.2) is 11.5 Å². The minimum absolute atomic E-state index is 0.281. The lowest BCUT2D eigenvalue weighted by molar-refractivity contribution is 0.174. The van der Waals surface area contributed by atoms with Crippen LogP contribution in [0.4, 0.5) is 5.82 Å². The third-order valence-electron chi connectivity index (χ3n) is 2.86. The number of nitrogens with zero attached hydrogens (tertiary/aromatic N) is 2. The molecule has 1 aliphatic heterocycles. The summed E-state index contributed by atoms with van der Waals surface area (Å²) < 4.78 is 10.6. The number of ether oxygens (including phenoxy) is 2. The van der Waals surface area contributed by atoms with Crippen LogP contribution in [0.5, 0.6) is 11.5 Å². The van der Waals surface area contributed by atoms with E-state index in [1.165, 1.54) is 6.33 Å². The quantitative estimate of drug-likeness (QED) is 0.935. The molecule has 2 heterocycles. The zero-order valence-electron chi connectivity index (χ0n) is 10.3. The van der Waals surface area contributed by atoms with Crippen LogP contribution in [-0.2, 0) is 6.54 Å². The maximum absolute atomic E-state index is 6.12. The van der Waals surface area contributed by atoms with Crippen LogP contribution < -0.4 is 14.8 Å².